The van der Waals surface area contributed by atoms with E-state index < -0.39 is 5.82 Å². The molecule has 0 spiro atoms. The fourth-order valence-corrected chi connectivity index (χ4v) is 4.01. The molecule has 1 saturated heterocycles. The van der Waals surface area contributed by atoms with E-state index in [1.165, 1.54) is 34.9 Å². The van der Waals surface area contributed by atoms with Crippen LogP contribution in [0.3, 0.4) is 0 Å². The largest absolute Gasteiger partial charge is 0.270 e. The van der Waals surface area contributed by atoms with Gasteiger partial charge in [-0.3, -0.25) is 19.7 Å². The lowest BCUT2D eigenvalue weighted by atomic mass is 10.1. The number of nitrogens with zero attached hydrogens (tertiary/aromatic N) is 3. The van der Waals surface area contributed by atoms with Gasteiger partial charge in [0.25, 0.3) is 5.91 Å². The van der Waals surface area contributed by atoms with Gasteiger partial charge in [-0.2, -0.15) is 0 Å². The summed E-state index contributed by atoms with van der Waals surface area (Å²) in [5.74, 6) is -0.824. The van der Waals surface area contributed by atoms with E-state index in [1.807, 2.05) is 18.2 Å². The van der Waals surface area contributed by atoms with E-state index in [2.05, 4.69) is 9.97 Å². The van der Waals surface area contributed by atoms with E-state index in [1.54, 1.807) is 18.5 Å². The van der Waals surface area contributed by atoms with Gasteiger partial charge in [0.15, 0.2) is 4.32 Å². The highest BCUT2D eigenvalue weighted by Crippen LogP contribution is 2.37. The molecule has 2 aromatic carbocycles. The first kappa shape index (κ1) is 17.1. The van der Waals surface area contributed by atoms with Crippen molar-refractivity contribution in [1.82, 2.24) is 9.97 Å². The molecule has 26 heavy (non-hydrogen) atoms. The van der Waals surface area contributed by atoms with Crippen LogP contribution in [0.25, 0.3) is 17.1 Å². The van der Waals surface area contributed by atoms with Crippen LogP contribution < -0.4 is 4.90 Å². The van der Waals surface area contributed by atoms with Gasteiger partial charge in [0, 0.05) is 12.4 Å². The van der Waals surface area contributed by atoms with E-state index in [4.69, 9.17) is 23.8 Å². The van der Waals surface area contributed by atoms with Crippen molar-refractivity contribution in [2.45, 2.75) is 0 Å². The standard InChI is InChI=1S/C18H9ClFN3OS2/c19-12-9-11(2-3-13(12)20)23-17(24)16(26-18(23)25)8-10-1-4-14-15(7-10)22-6-5-21-14/h1-9H/b16-8+. The summed E-state index contributed by atoms with van der Waals surface area (Å²) in [7, 11) is 0. The van der Waals surface area contributed by atoms with Gasteiger partial charge in [0.2, 0.25) is 0 Å². The minimum absolute atomic E-state index is 0.0615. The van der Waals surface area contributed by atoms with Crippen molar-refractivity contribution < 1.29 is 9.18 Å². The number of thioether (sulfide) groups is 1. The number of rotatable bonds is 2. The van der Waals surface area contributed by atoms with Crippen LogP contribution in [0.4, 0.5) is 10.1 Å². The van der Waals surface area contributed by atoms with Crippen LogP contribution >= 0.6 is 35.6 Å². The number of aromatic nitrogens is 2. The van der Waals surface area contributed by atoms with Crippen LogP contribution in [0, 0.1) is 5.82 Å². The Balaban J connectivity index is 1.69. The molecule has 0 bridgehead atoms. The molecule has 4 rings (SSSR count). The monoisotopic (exact) mass is 401 g/mol. The summed E-state index contributed by atoms with van der Waals surface area (Å²) < 4.78 is 13.7. The maximum atomic E-state index is 13.4. The van der Waals surface area contributed by atoms with Crippen molar-refractivity contribution in [2.75, 3.05) is 4.90 Å². The van der Waals surface area contributed by atoms with Gasteiger partial charge in [-0.15, -0.1) is 0 Å². The summed E-state index contributed by atoms with van der Waals surface area (Å²) in [6.07, 6.45) is 4.99. The first-order valence-electron chi connectivity index (χ1n) is 7.47. The SMILES string of the molecule is O=C1/C(=C\c2ccc3nccnc3c2)SC(=S)N1c1ccc(F)c(Cl)c1. The first-order chi connectivity index (χ1) is 12.5. The number of anilines is 1. The average molecular weight is 402 g/mol. The van der Waals surface area contributed by atoms with Gasteiger partial charge in [0.1, 0.15) is 5.82 Å². The minimum Gasteiger partial charge on any atom is -0.268 e. The number of benzene rings is 2. The summed E-state index contributed by atoms with van der Waals surface area (Å²) >= 11 is 12.3. The molecule has 4 nitrogen and oxygen atoms in total. The highest BCUT2D eigenvalue weighted by Gasteiger charge is 2.33. The zero-order valence-corrected chi connectivity index (χ0v) is 15.4. The maximum Gasteiger partial charge on any atom is 0.270 e. The number of amides is 1. The molecule has 1 aliphatic rings. The Morgan fingerprint density at radius 3 is 2.65 bits per heavy atom. The van der Waals surface area contributed by atoms with Crippen molar-refractivity contribution in [2.24, 2.45) is 0 Å². The number of fused-ring (bicyclic) bond motifs is 1. The second-order valence-electron chi connectivity index (χ2n) is 5.42. The molecule has 0 N–H and O–H groups in total. The van der Waals surface area contributed by atoms with E-state index in [9.17, 15) is 9.18 Å². The second-order valence-corrected chi connectivity index (χ2v) is 7.50. The molecule has 0 radical (unpaired) electrons. The molecule has 8 heteroatoms. The Hall–Kier alpha value is -2.35. The number of carbonyl (C=O) groups excluding carboxylic acids is 1. The van der Waals surface area contributed by atoms with Crippen LogP contribution in [0.1, 0.15) is 5.56 Å². The average Bonchev–Trinajstić information content (AvgIpc) is 2.91. The Morgan fingerprint density at radius 1 is 1.12 bits per heavy atom. The van der Waals surface area contributed by atoms with E-state index in [-0.39, 0.29) is 10.9 Å². The number of halogens is 2. The van der Waals surface area contributed by atoms with Gasteiger partial charge >= 0.3 is 0 Å². The molecule has 3 aromatic rings. The zero-order valence-electron chi connectivity index (χ0n) is 13.0. The number of carbonyl (C=O) groups is 1. The van der Waals surface area contributed by atoms with Crippen LogP contribution in [0.15, 0.2) is 53.7 Å². The molecule has 2 heterocycles. The Kier molecular flexibility index (Phi) is 4.44. The summed E-state index contributed by atoms with van der Waals surface area (Å²) in [6, 6.07) is 9.62. The van der Waals surface area contributed by atoms with Gasteiger partial charge in [-0.25, -0.2) is 4.39 Å². The molecule has 0 saturated carbocycles. The summed E-state index contributed by atoms with van der Waals surface area (Å²) in [5, 5.41) is -0.0615. The predicted octanol–water partition coefficient (Wildman–Crippen LogP) is 4.83. The molecular formula is C18H9ClFN3OS2. The lowest BCUT2D eigenvalue weighted by Gasteiger charge is -2.14. The second kappa shape index (κ2) is 6.75. The highest BCUT2D eigenvalue weighted by atomic mass is 35.5. The highest BCUT2D eigenvalue weighted by molar-refractivity contribution is 8.27. The number of hydrogen-bond acceptors (Lipinski definition) is 5. The minimum atomic E-state index is -0.548. The normalized spacial score (nSPS) is 16.1. The van der Waals surface area contributed by atoms with Crippen LogP contribution in [-0.2, 0) is 4.79 Å². The van der Waals surface area contributed by atoms with Gasteiger partial charge in [0.05, 0.1) is 26.6 Å². The smallest absolute Gasteiger partial charge is 0.268 e. The molecule has 1 aliphatic heterocycles. The fourth-order valence-electron chi connectivity index (χ4n) is 2.54. The van der Waals surface area contributed by atoms with Gasteiger partial charge in [-0.1, -0.05) is 41.6 Å². The lowest BCUT2D eigenvalue weighted by molar-refractivity contribution is -0.113. The topological polar surface area (TPSA) is 46.1 Å². The lowest BCUT2D eigenvalue weighted by Crippen LogP contribution is -2.27. The van der Waals surface area contributed by atoms with Crippen LogP contribution in [-0.4, -0.2) is 20.2 Å². The van der Waals surface area contributed by atoms with Crippen molar-refractivity contribution >= 4 is 68.6 Å². The summed E-state index contributed by atoms with van der Waals surface area (Å²) in [6.45, 7) is 0. The molecule has 1 amide bonds. The van der Waals surface area contributed by atoms with Crippen LogP contribution in [0.2, 0.25) is 5.02 Å². The molecule has 0 atom stereocenters. The van der Waals surface area contributed by atoms with Crippen molar-refractivity contribution in [3.05, 3.63) is 70.1 Å². The van der Waals surface area contributed by atoms with Crippen molar-refractivity contribution in [3.63, 3.8) is 0 Å². The number of thiocarbonyl (C=S) groups is 1. The third kappa shape index (κ3) is 3.09. The number of hydrogen-bond donors (Lipinski definition) is 0. The van der Waals surface area contributed by atoms with E-state index in [0.29, 0.717) is 14.9 Å². The van der Waals surface area contributed by atoms with Crippen molar-refractivity contribution in [1.29, 1.82) is 0 Å². The van der Waals surface area contributed by atoms with Gasteiger partial charge in [-0.05, 0) is 42.0 Å². The van der Waals surface area contributed by atoms with Crippen molar-refractivity contribution in [3.8, 4) is 0 Å². The van der Waals surface area contributed by atoms with E-state index >= 15 is 0 Å². The Bertz CT molecular complexity index is 1100. The molecule has 128 valence electrons. The molecule has 0 aliphatic carbocycles. The third-order valence-electron chi connectivity index (χ3n) is 3.75. The molecule has 0 unspecified atom stereocenters. The zero-order chi connectivity index (χ0) is 18.3. The molecular weight excluding hydrogens is 393 g/mol. The molecule has 1 aromatic heterocycles. The van der Waals surface area contributed by atoms with E-state index in [0.717, 1.165) is 16.6 Å². The summed E-state index contributed by atoms with van der Waals surface area (Å²) in [5.41, 5.74) is 2.77. The first-order valence-corrected chi connectivity index (χ1v) is 9.07. The fraction of sp³-hybridized carbons (Fsp3) is 0. The summed E-state index contributed by atoms with van der Waals surface area (Å²) in [4.78, 5) is 23.1. The Labute approximate surface area is 162 Å². The Morgan fingerprint density at radius 2 is 1.88 bits per heavy atom. The van der Waals surface area contributed by atoms with Crippen LogP contribution in [0.5, 0.6) is 0 Å². The van der Waals surface area contributed by atoms with Gasteiger partial charge < -0.3 is 0 Å². The third-order valence-corrected chi connectivity index (χ3v) is 5.34. The predicted molar refractivity (Wildman–Crippen MR) is 107 cm³/mol. The molecule has 1 fully saturated rings. The maximum absolute atomic E-state index is 13.4. The quantitative estimate of drug-likeness (QED) is 0.454.